The number of hydrogen-bond donors (Lipinski definition) is 0. The SMILES string of the molecule is PC1Cc2cccc3cccc1c23. The molecule has 0 fully saturated rings. The first-order valence-corrected chi connectivity index (χ1v) is 5.29. The van der Waals surface area contributed by atoms with Crippen molar-refractivity contribution in [2.24, 2.45) is 0 Å². The van der Waals surface area contributed by atoms with E-state index in [9.17, 15) is 0 Å². The van der Waals surface area contributed by atoms with Crippen LogP contribution in [0.4, 0.5) is 0 Å². The van der Waals surface area contributed by atoms with Crippen LogP contribution in [-0.4, -0.2) is 0 Å². The van der Waals surface area contributed by atoms with Gasteiger partial charge in [0.2, 0.25) is 0 Å². The van der Waals surface area contributed by atoms with Crippen LogP contribution >= 0.6 is 9.24 Å². The first kappa shape index (κ1) is 7.53. The minimum Gasteiger partial charge on any atom is -0.129 e. The van der Waals surface area contributed by atoms with E-state index in [1.165, 1.54) is 28.3 Å². The van der Waals surface area contributed by atoms with Gasteiger partial charge in [0.1, 0.15) is 0 Å². The van der Waals surface area contributed by atoms with E-state index in [1.807, 2.05) is 0 Å². The van der Waals surface area contributed by atoms with Gasteiger partial charge in [-0.2, -0.15) is 0 Å². The summed E-state index contributed by atoms with van der Waals surface area (Å²) >= 11 is 0. The highest BCUT2D eigenvalue weighted by Crippen LogP contribution is 2.41. The standard InChI is InChI=1S/C12H11P/c13-11-7-9-5-1-3-8-4-2-6-10(11)12(8)9/h1-6,11H,7,13H2. The van der Waals surface area contributed by atoms with Gasteiger partial charge in [0.05, 0.1) is 0 Å². The van der Waals surface area contributed by atoms with Crippen LogP contribution in [0.25, 0.3) is 10.8 Å². The van der Waals surface area contributed by atoms with Crippen molar-refractivity contribution < 1.29 is 0 Å². The average molecular weight is 186 g/mol. The van der Waals surface area contributed by atoms with Crippen molar-refractivity contribution in [3.05, 3.63) is 47.5 Å². The zero-order valence-electron chi connectivity index (χ0n) is 7.33. The Kier molecular flexibility index (Phi) is 1.48. The molecule has 0 aromatic heterocycles. The van der Waals surface area contributed by atoms with Crippen molar-refractivity contribution >= 4 is 20.0 Å². The first-order chi connectivity index (χ1) is 6.36. The van der Waals surface area contributed by atoms with E-state index in [2.05, 4.69) is 45.6 Å². The molecule has 13 heavy (non-hydrogen) atoms. The van der Waals surface area contributed by atoms with Crippen molar-refractivity contribution in [3.63, 3.8) is 0 Å². The molecule has 3 rings (SSSR count). The third kappa shape index (κ3) is 0.957. The van der Waals surface area contributed by atoms with Crippen LogP contribution in [0, 0.1) is 0 Å². The molecule has 0 N–H and O–H groups in total. The van der Waals surface area contributed by atoms with Crippen molar-refractivity contribution in [2.45, 2.75) is 12.1 Å². The van der Waals surface area contributed by atoms with Gasteiger partial charge in [0.25, 0.3) is 0 Å². The Morgan fingerprint density at radius 2 is 1.85 bits per heavy atom. The predicted octanol–water partition coefficient (Wildman–Crippen LogP) is 3.31. The van der Waals surface area contributed by atoms with E-state index in [4.69, 9.17) is 0 Å². The second-order valence-electron chi connectivity index (χ2n) is 3.67. The lowest BCUT2D eigenvalue weighted by Crippen LogP contribution is -1.82. The molecule has 0 amide bonds. The summed E-state index contributed by atoms with van der Waals surface area (Å²) in [5.41, 5.74) is 3.63. The summed E-state index contributed by atoms with van der Waals surface area (Å²) in [7, 11) is 2.94. The Hall–Kier alpha value is -0.870. The van der Waals surface area contributed by atoms with Crippen LogP contribution in [0.1, 0.15) is 16.8 Å². The van der Waals surface area contributed by atoms with Crippen LogP contribution in [0.15, 0.2) is 36.4 Å². The molecule has 0 nitrogen and oxygen atoms in total. The molecule has 2 unspecified atom stereocenters. The largest absolute Gasteiger partial charge is 0.129 e. The van der Waals surface area contributed by atoms with Gasteiger partial charge in [-0.3, -0.25) is 0 Å². The van der Waals surface area contributed by atoms with Gasteiger partial charge in [-0.1, -0.05) is 36.4 Å². The molecule has 0 radical (unpaired) electrons. The highest BCUT2D eigenvalue weighted by atomic mass is 31.0. The normalized spacial score (nSPS) is 19.6. The molecular formula is C12H11P. The molecule has 0 spiro atoms. The van der Waals surface area contributed by atoms with Gasteiger partial charge in [0.15, 0.2) is 0 Å². The molecule has 0 aliphatic heterocycles. The summed E-state index contributed by atoms with van der Waals surface area (Å²) in [6.45, 7) is 0. The molecule has 0 heterocycles. The molecule has 2 aromatic rings. The van der Waals surface area contributed by atoms with E-state index in [0.29, 0.717) is 5.66 Å². The molecule has 1 aliphatic carbocycles. The molecule has 64 valence electrons. The summed E-state index contributed by atoms with van der Waals surface area (Å²) in [4.78, 5) is 0. The van der Waals surface area contributed by atoms with E-state index in [1.54, 1.807) is 0 Å². The quantitative estimate of drug-likeness (QED) is 0.554. The van der Waals surface area contributed by atoms with E-state index >= 15 is 0 Å². The second-order valence-corrected chi connectivity index (χ2v) is 4.48. The summed E-state index contributed by atoms with van der Waals surface area (Å²) in [6.07, 6.45) is 1.18. The van der Waals surface area contributed by atoms with Gasteiger partial charge < -0.3 is 0 Å². The minimum absolute atomic E-state index is 0.626. The molecular weight excluding hydrogens is 175 g/mol. The molecule has 0 saturated heterocycles. The topological polar surface area (TPSA) is 0 Å². The lowest BCUT2D eigenvalue weighted by Gasteiger charge is -2.02. The van der Waals surface area contributed by atoms with E-state index in [-0.39, 0.29) is 0 Å². The van der Waals surface area contributed by atoms with E-state index in [0.717, 1.165) is 0 Å². The second kappa shape index (κ2) is 2.56. The Bertz CT molecular complexity index is 468. The van der Waals surface area contributed by atoms with Crippen LogP contribution in [0.5, 0.6) is 0 Å². The average Bonchev–Trinajstić information content (AvgIpc) is 2.47. The number of benzene rings is 2. The van der Waals surface area contributed by atoms with Gasteiger partial charge >= 0.3 is 0 Å². The van der Waals surface area contributed by atoms with Gasteiger partial charge in [-0.15, -0.1) is 9.24 Å². The fraction of sp³-hybridized carbons (Fsp3) is 0.167. The first-order valence-electron chi connectivity index (χ1n) is 4.62. The van der Waals surface area contributed by atoms with Gasteiger partial charge in [0, 0.05) is 5.66 Å². The van der Waals surface area contributed by atoms with Gasteiger partial charge in [-0.05, 0) is 28.3 Å². The van der Waals surface area contributed by atoms with Crippen molar-refractivity contribution in [1.82, 2.24) is 0 Å². The number of rotatable bonds is 0. The third-order valence-corrected chi connectivity index (χ3v) is 3.46. The zero-order chi connectivity index (χ0) is 8.84. The summed E-state index contributed by atoms with van der Waals surface area (Å²) < 4.78 is 0. The Morgan fingerprint density at radius 3 is 2.69 bits per heavy atom. The summed E-state index contributed by atoms with van der Waals surface area (Å²) in [5, 5.41) is 2.88. The maximum absolute atomic E-state index is 2.94. The lowest BCUT2D eigenvalue weighted by atomic mass is 10.1. The van der Waals surface area contributed by atoms with Gasteiger partial charge in [-0.25, -0.2) is 0 Å². The fourth-order valence-electron chi connectivity index (χ4n) is 2.28. The van der Waals surface area contributed by atoms with Crippen LogP contribution < -0.4 is 0 Å². The van der Waals surface area contributed by atoms with Crippen molar-refractivity contribution in [1.29, 1.82) is 0 Å². The Balaban J connectivity index is 2.51. The zero-order valence-corrected chi connectivity index (χ0v) is 8.48. The third-order valence-electron chi connectivity index (χ3n) is 2.86. The highest BCUT2D eigenvalue weighted by molar-refractivity contribution is 7.17. The Morgan fingerprint density at radius 1 is 1.08 bits per heavy atom. The molecule has 0 saturated carbocycles. The Labute approximate surface area is 80.2 Å². The predicted molar refractivity (Wildman–Crippen MR) is 60.1 cm³/mol. The molecule has 2 aromatic carbocycles. The number of hydrogen-bond acceptors (Lipinski definition) is 0. The van der Waals surface area contributed by atoms with Crippen LogP contribution in [0.3, 0.4) is 0 Å². The van der Waals surface area contributed by atoms with E-state index < -0.39 is 0 Å². The summed E-state index contributed by atoms with van der Waals surface area (Å²) in [5.74, 6) is 0. The van der Waals surface area contributed by atoms with Crippen molar-refractivity contribution in [2.75, 3.05) is 0 Å². The smallest absolute Gasteiger partial charge is 0.00321 e. The van der Waals surface area contributed by atoms with Crippen molar-refractivity contribution in [3.8, 4) is 0 Å². The molecule has 1 aliphatic rings. The van der Waals surface area contributed by atoms with Crippen LogP contribution in [0.2, 0.25) is 0 Å². The highest BCUT2D eigenvalue weighted by Gasteiger charge is 2.19. The fourth-order valence-corrected chi connectivity index (χ4v) is 2.81. The maximum atomic E-state index is 2.94. The van der Waals surface area contributed by atoms with Crippen LogP contribution in [-0.2, 0) is 6.42 Å². The lowest BCUT2D eigenvalue weighted by molar-refractivity contribution is 0.994. The molecule has 1 heteroatoms. The maximum Gasteiger partial charge on any atom is 0.00321 e. The minimum atomic E-state index is 0.626. The molecule has 0 bridgehead atoms. The molecule has 2 atom stereocenters. The monoisotopic (exact) mass is 186 g/mol. The summed E-state index contributed by atoms with van der Waals surface area (Å²) in [6, 6.07) is 13.2.